The molecule has 0 radical (unpaired) electrons. The highest BCUT2D eigenvalue weighted by Crippen LogP contribution is 2.43. The molecule has 6 nitrogen and oxygen atoms in total. The number of hydrogen-bond acceptors (Lipinski definition) is 6. The summed E-state index contributed by atoms with van der Waals surface area (Å²) in [7, 11) is 0. The Hall–Kier alpha value is -1.44. The predicted molar refractivity (Wildman–Crippen MR) is 83.9 cm³/mol. The van der Waals surface area contributed by atoms with E-state index >= 15 is 0 Å². The molecule has 1 aliphatic carbocycles. The summed E-state index contributed by atoms with van der Waals surface area (Å²) >= 11 is 0. The molecule has 2 heterocycles. The lowest BCUT2D eigenvalue weighted by Crippen LogP contribution is -2.36. The Kier molecular flexibility index (Phi) is 4.32. The number of fused-ring (bicyclic) bond motifs is 2. The first-order valence-corrected chi connectivity index (χ1v) is 8.36. The van der Waals surface area contributed by atoms with Crippen molar-refractivity contribution in [2.45, 2.75) is 50.3 Å². The predicted octanol–water partition coefficient (Wildman–Crippen LogP) is 0.943. The van der Waals surface area contributed by atoms with Gasteiger partial charge < -0.3 is 29.5 Å². The zero-order valence-corrected chi connectivity index (χ0v) is 13.2. The molecule has 24 heavy (non-hydrogen) atoms. The van der Waals surface area contributed by atoms with Crippen molar-refractivity contribution in [3.8, 4) is 5.75 Å². The largest absolute Gasteiger partial charge is 0.461 e. The van der Waals surface area contributed by atoms with Gasteiger partial charge in [-0.05, 0) is 12.0 Å². The van der Waals surface area contributed by atoms with Crippen molar-refractivity contribution in [3.05, 3.63) is 42.0 Å². The second-order valence-electron chi connectivity index (χ2n) is 6.69. The Morgan fingerprint density at radius 3 is 2.88 bits per heavy atom. The van der Waals surface area contributed by atoms with Gasteiger partial charge in [0.2, 0.25) is 6.29 Å². The summed E-state index contributed by atoms with van der Waals surface area (Å²) in [6, 6.07) is 7.57. The summed E-state index contributed by atoms with van der Waals surface area (Å²) in [6.45, 7) is 0.391. The zero-order valence-electron chi connectivity index (χ0n) is 13.2. The molecule has 1 unspecified atom stereocenters. The topological polar surface area (TPSA) is 88.4 Å². The van der Waals surface area contributed by atoms with E-state index in [4.69, 9.17) is 14.2 Å². The Labute approximate surface area is 140 Å². The lowest BCUT2D eigenvalue weighted by molar-refractivity contribution is -0.152. The molecule has 1 saturated carbocycles. The Balaban J connectivity index is 1.41. The van der Waals surface area contributed by atoms with Crippen LogP contribution < -0.4 is 4.74 Å². The van der Waals surface area contributed by atoms with Gasteiger partial charge in [0.05, 0.1) is 18.8 Å². The van der Waals surface area contributed by atoms with Gasteiger partial charge in [-0.25, -0.2) is 0 Å². The lowest BCUT2D eigenvalue weighted by atomic mass is 9.91. The lowest BCUT2D eigenvalue weighted by Gasteiger charge is -2.28. The molecular formula is C18H22O6. The molecule has 4 rings (SSSR count). The maximum atomic E-state index is 10.3. The quantitative estimate of drug-likeness (QED) is 0.713. The van der Waals surface area contributed by atoms with Crippen LogP contribution in [0.4, 0.5) is 0 Å². The van der Waals surface area contributed by atoms with E-state index < -0.39 is 24.8 Å². The van der Waals surface area contributed by atoms with Gasteiger partial charge in [0.1, 0.15) is 11.9 Å². The Morgan fingerprint density at radius 1 is 1.17 bits per heavy atom. The summed E-state index contributed by atoms with van der Waals surface area (Å²) in [5.41, 5.74) is 0.955. The van der Waals surface area contributed by atoms with Crippen LogP contribution in [0.25, 0.3) is 0 Å². The van der Waals surface area contributed by atoms with Crippen LogP contribution in [-0.2, 0) is 16.1 Å². The van der Waals surface area contributed by atoms with E-state index in [1.54, 1.807) is 12.2 Å². The Morgan fingerprint density at radius 2 is 2.00 bits per heavy atom. The van der Waals surface area contributed by atoms with Crippen molar-refractivity contribution < 1.29 is 29.5 Å². The summed E-state index contributed by atoms with van der Waals surface area (Å²) < 4.78 is 16.6. The number of ether oxygens (including phenoxy) is 3. The maximum Gasteiger partial charge on any atom is 0.230 e. The van der Waals surface area contributed by atoms with Gasteiger partial charge in [-0.2, -0.15) is 0 Å². The second-order valence-corrected chi connectivity index (χ2v) is 6.69. The highest BCUT2D eigenvalue weighted by atomic mass is 16.7. The van der Waals surface area contributed by atoms with Gasteiger partial charge in [0.15, 0.2) is 6.29 Å². The molecule has 3 N–H and O–H groups in total. The van der Waals surface area contributed by atoms with Crippen LogP contribution >= 0.6 is 0 Å². The molecule has 3 aliphatic rings. The normalized spacial score (nSPS) is 39.5. The van der Waals surface area contributed by atoms with Crippen molar-refractivity contribution >= 4 is 0 Å². The third kappa shape index (κ3) is 2.96. The minimum absolute atomic E-state index is 0.0763. The molecule has 6 heteroatoms. The van der Waals surface area contributed by atoms with Crippen LogP contribution in [-0.4, -0.2) is 46.2 Å². The van der Waals surface area contributed by atoms with Gasteiger partial charge in [0, 0.05) is 24.3 Å². The molecule has 7 atom stereocenters. The number of rotatable bonds is 3. The molecule has 2 aliphatic heterocycles. The molecule has 2 fully saturated rings. The van der Waals surface area contributed by atoms with E-state index in [0.29, 0.717) is 19.4 Å². The van der Waals surface area contributed by atoms with Crippen molar-refractivity contribution in [1.29, 1.82) is 0 Å². The van der Waals surface area contributed by atoms with Crippen LogP contribution in [0.5, 0.6) is 5.75 Å². The summed E-state index contributed by atoms with van der Waals surface area (Å²) in [5, 5.41) is 30.1. The number of benzene rings is 1. The third-order valence-corrected chi connectivity index (χ3v) is 5.12. The van der Waals surface area contributed by atoms with E-state index in [9.17, 15) is 15.3 Å². The van der Waals surface area contributed by atoms with Crippen molar-refractivity contribution in [2.24, 2.45) is 11.8 Å². The van der Waals surface area contributed by atoms with E-state index in [2.05, 4.69) is 0 Å². The fourth-order valence-corrected chi connectivity index (χ4v) is 3.90. The minimum Gasteiger partial charge on any atom is -0.461 e. The van der Waals surface area contributed by atoms with Crippen molar-refractivity contribution in [3.63, 3.8) is 0 Å². The highest BCUT2D eigenvalue weighted by Gasteiger charge is 2.47. The molecule has 0 aromatic heterocycles. The van der Waals surface area contributed by atoms with Gasteiger partial charge in [-0.3, -0.25) is 0 Å². The van der Waals surface area contributed by atoms with Crippen LogP contribution in [0.1, 0.15) is 18.4 Å². The van der Waals surface area contributed by atoms with Crippen LogP contribution in [0.15, 0.2) is 36.4 Å². The van der Waals surface area contributed by atoms with E-state index in [1.165, 1.54) is 0 Å². The van der Waals surface area contributed by atoms with E-state index in [1.807, 2.05) is 24.3 Å². The summed E-state index contributed by atoms with van der Waals surface area (Å²) in [6.07, 6.45) is 1.34. The second kappa shape index (κ2) is 6.46. The SMILES string of the molecule is OC1C[C@@H]2[C@@H](C=C[C@H](O)[C@@H]3OCc4ccccc4O3)[C@H](O)C[C@@H]2O1. The number of para-hydroxylation sites is 1. The van der Waals surface area contributed by atoms with E-state index in [-0.39, 0.29) is 17.9 Å². The van der Waals surface area contributed by atoms with Crippen molar-refractivity contribution in [2.75, 3.05) is 0 Å². The first kappa shape index (κ1) is 16.1. The average Bonchev–Trinajstić information content (AvgIpc) is 3.07. The van der Waals surface area contributed by atoms with Crippen molar-refractivity contribution in [1.82, 2.24) is 0 Å². The maximum absolute atomic E-state index is 10.3. The van der Waals surface area contributed by atoms with Gasteiger partial charge >= 0.3 is 0 Å². The average molecular weight is 334 g/mol. The molecular weight excluding hydrogens is 312 g/mol. The highest BCUT2D eigenvalue weighted by molar-refractivity contribution is 5.33. The van der Waals surface area contributed by atoms with E-state index in [0.717, 1.165) is 11.3 Å². The molecule has 1 aromatic carbocycles. The fraction of sp³-hybridized carbons (Fsp3) is 0.556. The molecule has 0 spiro atoms. The molecule has 0 amide bonds. The molecule has 1 saturated heterocycles. The molecule has 0 bridgehead atoms. The summed E-state index contributed by atoms with van der Waals surface area (Å²) in [5.74, 6) is 0.652. The smallest absolute Gasteiger partial charge is 0.230 e. The monoisotopic (exact) mass is 334 g/mol. The minimum atomic E-state index is -0.933. The molecule has 1 aromatic rings. The number of hydrogen-bond donors (Lipinski definition) is 3. The van der Waals surface area contributed by atoms with Crippen LogP contribution in [0.2, 0.25) is 0 Å². The fourth-order valence-electron chi connectivity index (χ4n) is 3.90. The van der Waals surface area contributed by atoms with Crippen LogP contribution in [0.3, 0.4) is 0 Å². The Bertz CT molecular complexity index is 617. The van der Waals surface area contributed by atoms with Gasteiger partial charge in [-0.15, -0.1) is 0 Å². The first-order valence-electron chi connectivity index (χ1n) is 8.36. The zero-order chi connectivity index (χ0) is 16.7. The number of aliphatic hydroxyl groups is 3. The third-order valence-electron chi connectivity index (χ3n) is 5.12. The summed E-state index contributed by atoms with van der Waals surface area (Å²) in [4.78, 5) is 0. The van der Waals surface area contributed by atoms with Gasteiger partial charge in [-0.1, -0.05) is 30.4 Å². The molecule has 130 valence electrons. The standard InChI is InChI=1S/C18H22O6/c19-13(18-22-9-10-3-1-2-4-15(10)24-18)6-5-11-12-7-17(21)23-16(12)8-14(11)20/h1-6,11-14,16-21H,7-9H2/t11-,12-,13+,14-,16+,17?,18-/m1/s1. The first-order chi connectivity index (χ1) is 11.6. The number of aliphatic hydroxyl groups excluding tert-OH is 3. The van der Waals surface area contributed by atoms with Crippen LogP contribution in [0, 0.1) is 11.8 Å². The van der Waals surface area contributed by atoms with Gasteiger partial charge in [0.25, 0.3) is 0 Å².